The molecule has 15 heteroatoms. The quantitative estimate of drug-likeness (QED) is 0.468. The largest absolute Gasteiger partial charge is 0.421 e. The van der Waals surface area contributed by atoms with Crippen LogP contribution in [-0.4, -0.2) is 30.6 Å². The van der Waals surface area contributed by atoms with Gasteiger partial charge in [-0.15, -0.1) is 0 Å². The molecule has 0 spiro atoms. The second-order valence-electron chi connectivity index (χ2n) is 4.61. The zero-order chi connectivity index (χ0) is 20.4. The Balaban J connectivity index is 4.18. The maximum Gasteiger partial charge on any atom is 0.421 e. The third-order valence-corrected chi connectivity index (χ3v) is 3.22. The van der Waals surface area contributed by atoms with Crippen LogP contribution < -0.4 is 0 Å². The Hall–Kier alpha value is -1.57. The van der Waals surface area contributed by atoms with E-state index in [0.717, 1.165) is 0 Å². The predicted molar refractivity (Wildman–Crippen MR) is 47.8 cm³/mol. The molecule has 0 aromatic carbocycles. The second-order valence-corrected chi connectivity index (χ2v) is 4.61. The number of hydrogen-bond donors (Lipinski definition) is 0. The SMILES string of the molecule is FC(F)=C(C1=C(F)C(F)(F)C(F)C1(C(F)(F)F)C(F)(F)F)C(F)(F)F. The van der Waals surface area contributed by atoms with Gasteiger partial charge in [-0.2, -0.15) is 57.1 Å². The van der Waals surface area contributed by atoms with Crippen LogP contribution in [-0.2, 0) is 0 Å². The number of halogens is 15. The number of allylic oxidation sites excluding steroid dienone is 3. The third-order valence-electron chi connectivity index (χ3n) is 3.22. The maximum absolute atomic E-state index is 13.4. The van der Waals surface area contributed by atoms with Crippen LogP contribution in [0.25, 0.3) is 0 Å². The molecule has 1 atom stereocenters. The van der Waals surface area contributed by atoms with Crippen molar-refractivity contribution in [3.8, 4) is 0 Å². The van der Waals surface area contributed by atoms with Gasteiger partial charge in [-0.3, -0.25) is 0 Å². The number of alkyl halides is 12. The first kappa shape index (κ1) is 21.5. The lowest BCUT2D eigenvalue weighted by Crippen LogP contribution is -2.59. The van der Waals surface area contributed by atoms with Crippen molar-refractivity contribution in [2.24, 2.45) is 5.41 Å². The van der Waals surface area contributed by atoms with Crippen LogP contribution in [0, 0.1) is 5.41 Å². The van der Waals surface area contributed by atoms with Gasteiger partial charge in [0.25, 0.3) is 6.08 Å². The van der Waals surface area contributed by atoms with E-state index in [-0.39, 0.29) is 0 Å². The molecule has 1 aliphatic rings. The Kier molecular flexibility index (Phi) is 4.69. The normalized spacial score (nSPS) is 23.9. The summed E-state index contributed by atoms with van der Waals surface area (Å²) < 4.78 is 192. The minimum atomic E-state index is -7.37. The van der Waals surface area contributed by atoms with Crippen LogP contribution in [0.15, 0.2) is 23.1 Å². The Morgan fingerprint density at radius 1 is 0.800 bits per heavy atom. The van der Waals surface area contributed by atoms with Gasteiger partial charge < -0.3 is 0 Å². The average Bonchev–Trinajstić information content (AvgIpc) is 2.45. The highest BCUT2D eigenvalue weighted by atomic mass is 19.4. The Labute approximate surface area is 126 Å². The van der Waals surface area contributed by atoms with Crippen molar-refractivity contribution in [1.29, 1.82) is 0 Å². The fraction of sp³-hybridized carbons (Fsp3) is 0.600. The Morgan fingerprint density at radius 2 is 1.16 bits per heavy atom. The highest BCUT2D eigenvalue weighted by Gasteiger charge is 2.87. The van der Waals surface area contributed by atoms with Gasteiger partial charge in [0, 0.05) is 5.57 Å². The fourth-order valence-corrected chi connectivity index (χ4v) is 2.23. The molecule has 0 fully saturated rings. The molecule has 0 bridgehead atoms. The van der Waals surface area contributed by atoms with Crippen LogP contribution in [0.2, 0.25) is 0 Å². The van der Waals surface area contributed by atoms with Gasteiger partial charge in [0.1, 0.15) is 5.57 Å². The van der Waals surface area contributed by atoms with Gasteiger partial charge in [-0.1, -0.05) is 0 Å². The van der Waals surface area contributed by atoms with E-state index < -0.39 is 59.1 Å². The van der Waals surface area contributed by atoms with E-state index in [9.17, 15) is 65.9 Å². The average molecular weight is 406 g/mol. The monoisotopic (exact) mass is 406 g/mol. The summed E-state index contributed by atoms with van der Waals surface area (Å²) in [6, 6.07) is 0. The van der Waals surface area contributed by atoms with Gasteiger partial charge in [0.2, 0.25) is 5.41 Å². The van der Waals surface area contributed by atoms with E-state index in [1.165, 1.54) is 0 Å². The van der Waals surface area contributed by atoms with Gasteiger partial charge in [-0.25, -0.2) is 8.78 Å². The molecule has 1 rings (SSSR count). The lowest BCUT2D eigenvalue weighted by molar-refractivity contribution is -0.350. The number of rotatable bonds is 1. The van der Waals surface area contributed by atoms with E-state index in [4.69, 9.17) is 0 Å². The Bertz CT molecular complexity index is 592. The van der Waals surface area contributed by atoms with Crippen LogP contribution in [0.4, 0.5) is 65.9 Å². The first-order chi connectivity index (χ1) is 10.8. The van der Waals surface area contributed by atoms with E-state index in [2.05, 4.69) is 0 Å². The first-order valence-electron chi connectivity index (χ1n) is 5.44. The van der Waals surface area contributed by atoms with Crippen molar-refractivity contribution in [3.63, 3.8) is 0 Å². The van der Waals surface area contributed by atoms with Gasteiger partial charge in [-0.05, 0) is 0 Å². The molecule has 1 aliphatic carbocycles. The van der Waals surface area contributed by atoms with Crippen molar-refractivity contribution in [2.45, 2.75) is 30.6 Å². The van der Waals surface area contributed by atoms with Crippen LogP contribution >= 0.6 is 0 Å². The molecule has 0 aromatic heterocycles. The van der Waals surface area contributed by atoms with Gasteiger partial charge in [0.05, 0.1) is 0 Å². The van der Waals surface area contributed by atoms with Crippen molar-refractivity contribution in [3.05, 3.63) is 23.1 Å². The van der Waals surface area contributed by atoms with Crippen molar-refractivity contribution >= 4 is 0 Å². The van der Waals surface area contributed by atoms with Gasteiger partial charge in [0.15, 0.2) is 12.0 Å². The van der Waals surface area contributed by atoms with Crippen molar-refractivity contribution in [2.75, 3.05) is 0 Å². The zero-order valence-electron chi connectivity index (χ0n) is 10.7. The summed E-state index contributed by atoms with van der Waals surface area (Å²) in [6.07, 6.45) is -31.7. The minimum Gasteiger partial charge on any atom is -0.239 e. The highest BCUT2D eigenvalue weighted by Crippen LogP contribution is 2.69. The van der Waals surface area contributed by atoms with Crippen molar-refractivity contribution < 1.29 is 65.9 Å². The molecular weight excluding hydrogens is 405 g/mol. The summed E-state index contributed by atoms with van der Waals surface area (Å²) >= 11 is 0. The topological polar surface area (TPSA) is 0 Å². The summed E-state index contributed by atoms with van der Waals surface area (Å²) in [6.45, 7) is 0. The molecule has 0 saturated heterocycles. The first-order valence-corrected chi connectivity index (χ1v) is 5.44. The second kappa shape index (κ2) is 5.46. The zero-order valence-corrected chi connectivity index (χ0v) is 10.7. The third kappa shape index (κ3) is 2.74. The molecule has 0 aromatic rings. The van der Waals surface area contributed by atoms with Crippen LogP contribution in [0.3, 0.4) is 0 Å². The molecule has 0 heterocycles. The highest BCUT2D eigenvalue weighted by molar-refractivity contribution is 5.52. The molecule has 1 unspecified atom stereocenters. The predicted octanol–water partition coefficient (Wildman–Crippen LogP) is 6.02. The molecule has 25 heavy (non-hydrogen) atoms. The van der Waals surface area contributed by atoms with Crippen LogP contribution in [0.5, 0.6) is 0 Å². The summed E-state index contributed by atoms with van der Waals surface area (Å²) in [7, 11) is 0. The molecular formula is C10HF15. The molecule has 0 saturated carbocycles. The molecule has 0 radical (unpaired) electrons. The smallest absolute Gasteiger partial charge is 0.239 e. The van der Waals surface area contributed by atoms with Crippen molar-refractivity contribution in [1.82, 2.24) is 0 Å². The Morgan fingerprint density at radius 3 is 1.40 bits per heavy atom. The summed E-state index contributed by atoms with van der Waals surface area (Å²) in [5.74, 6) is -10.6. The molecule has 0 N–H and O–H groups in total. The molecule has 0 aliphatic heterocycles. The summed E-state index contributed by atoms with van der Waals surface area (Å²) in [4.78, 5) is 0. The van der Waals surface area contributed by atoms with E-state index in [1.807, 2.05) is 0 Å². The summed E-state index contributed by atoms with van der Waals surface area (Å²) in [5.41, 5.74) is -15.4. The lowest BCUT2D eigenvalue weighted by atomic mass is 9.74. The van der Waals surface area contributed by atoms with E-state index in [0.29, 0.717) is 0 Å². The lowest BCUT2D eigenvalue weighted by Gasteiger charge is -2.38. The summed E-state index contributed by atoms with van der Waals surface area (Å²) in [5, 5.41) is 0. The standard InChI is InChI=1S/C10HF15/c11-3-1(2(4(12)13)8(17,18)19)6(9(20,21)22,10(23,24)25)5(14)7(3,15)16/h5H. The molecule has 146 valence electrons. The van der Waals surface area contributed by atoms with E-state index in [1.54, 1.807) is 0 Å². The fourth-order valence-electron chi connectivity index (χ4n) is 2.23. The van der Waals surface area contributed by atoms with E-state index >= 15 is 0 Å². The molecule has 0 amide bonds. The molecule has 0 nitrogen and oxygen atoms in total. The van der Waals surface area contributed by atoms with Gasteiger partial charge >= 0.3 is 24.5 Å². The van der Waals surface area contributed by atoms with Crippen LogP contribution in [0.1, 0.15) is 0 Å². The maximum atomic E-state index is 13.4. The number of hydrogen-bond acceptors (Lipinski definition) is 0. The minimum absolute atomic E-state index is 4.24.